The minimum atomic E-state index is -3.94. The third-order valence-corrected chi connectivity index (χ3v) is 6.13. The van der Waals surface area contributed by atoms with Gasteiger partial charge in [0, 0.05) is 6.07 Å². The Morgan fingerprint density at radius 3 is 1.97 bits per heavy atom. The summed E-state index contributed by atoms with van der Waals surface area (Å²) in [4.78, 5) is 0.0157. The van der Waals surface area contributed by atoms with Crippen molar-refractivity contribution in [2.45, 2.75) is 17.0 Å². The Hall–Kier alpha value is -2.87. The van der Waals surface area contributed by atoms with E-state index in [4.69, 9.17) is 15.2 Å². The lowest BCUT2D eigenvalue weighted by molar-refractivity contribution is 0.385. The van der Waals surface area contributed by atoms with E-state index >= 15 is 0 Å². The molecule has 0 fully saturated rings. The summed E-state index contributed by atoms with van der Waals surface area (Å²) in [7, 11) is -1.02. The van der Waals surface area contributed by atoms with Crippen molar-refractivity contribution in [2.75, 3.05) is 14.2 Å². The van der Waals surface area contributed by atoms with Crippen molar-refractivity contribution in [3.63, 3.8) is 0 Å². The predicted molar refractivity (Wildman–Crippen MR) is 112 cm³/mol. The predicted octanol–water partition coefficient (Wildman–Crippen LogP) is 3.42. The molecule has 0 saturated heterocycles. The van der Waals surface area contributed by atoms with Crippen molar-refractivity contribution in [1.29, 1.82) is 0 Å². The lowest BCUT2D eigenvalue weighted by Gasteiger charge is -2.26. The lowest BCUT2D eigenvalue weighted by atomic mass is 9.95. The molecule has 0 aliphatic carbocycles. The van der Waals surface area contributed by atoms with Gasteiger partial charge >= 0.3 is 0 Å². The molecular formula is C22H24N2O4S. The Balaban J connectivity index is 2.01. The summed E-state index contributed by atoms with van der Waals surface area (Å²) >= 11 is 0. The highest BCUT2D eigenvalue weighted by molar-refractivity contribution is 7.89. The fourth-order valence-electron chi connectivity index (χ4n) is 3.10. The van der Waals surface area contributed by atoms with E-state index < -0.39 is 22.1 Å². The summed E-state index contributed by atoms with van der Waals surface area (Å²) in [5.41, 5.74) is 8.08. The highest BCUT2D eigenvalue weighted by Gasteiger charge is 2.29. The minimum Gasteiger partial charge on any atom is -0.497 e. The van der Waals surface area contributed by atoms with Crippen molar-refractivity contribution in [3.8, 4) is 11.5 Å². The molecule has 0 saturated carbocycles. The van der Waals surface area contributed by atoms with Gasteiger partial charge in [0.25, 0.3) is 0 Å². The van der Waals surface area contributed by atoms with Gasteiger partial charge in [-0.25, -0.2) is 13.1 Å². The number of hydrogen-bond donors (Lipinski definition) is 2. The van der Waals surface area contributed by atoms with Crippen LogP contribution in [-0.2, 0) is 10.0 Å². The van der Waals surface area contributed by atoms with Crippen molar-refractivity contribution >= 4 is 10.0 Å². The molecule has 29 heavy (non-hydrogen) atoms. The normalized spacial score (nSPS) is 13.5. The topological polar surface area (TPSA) is 90.7 Å². The number of sulfonamides is 1. The van der Waals surface area contributed by atoms with Crippen molar-refractivity contribution in [2.24, 2.45) is 5.73 Å². The maximum absolute atomic E-state index is 13.2. The van der Waals surface area contributed by atoms with Gasteiger partial charge in [-0.3, -0.25) is 0 Å². The molecule has 2 atom stereocenters. The molecule has 6 nitrogen and oxygen atoms in total. The van der Waals surface area contributed by atoms with Crippen LogP contribution in [0.1, 0.15) is 23.2 Å². The third kappa shape index (κ3) is 4.76. The third-order valence-electron chi connectivity index (χ3n) is 4.64. The Labute approximate surface area is 171 Å². The first kappa shape index (κ1) is 20.9. The Kier molecular flexibility index (Phi) is 6.53. The maximum atomic E-state index is 13.2. The molecule has 3 aromatic carbocycles. The fourth-order valence-corrected chi connectivity index (χ4v) is 4.50. The first-order valence-corrected chi connectivity index (χ1v) is 10.5. The largest absolute Gasteiger partial charge is 0.497 e. The summed E-state index contributed by atoms with van der Waals surface area (Å²) in [6, 6.07) is 22.0. The standard InChI is InChI=1S/C22H24N2O4S/c1-27-18-13-14-20(19(15-18)28-2)29(25,26)24-22(17-11-7-4-8-12-17)21(23)16-9-5-3-6-10-16/h3-15,21-22,24H,23H2,1-2H3. The SMILES string of the molecule is COc1ccc(S(=O)(=O)NC(c2ccccc2)C(N)c2ccccc2)c(OC)c1. The molecule has 3 rings (SSSR count). The van der Waals surface area contributed by atoms with E-state index in [1.807, 2.05) is 60.7 Å². The zero-order chi connectivity index (χ0) is 20.9. The van der Waals surface area contributed by atoms with Crippen molar-refractivity contribution in [1.82, 2.24) is 4.72 Å². The summed E-state index contributed by atoms with van der Waals surface area (Å²) in [5.74, 6) is 0.693. The van der Waals surface area contributed by atoms with Gasteiger partial charge in [0.05, 0.1) is 26.3 Å². The molecule has 0 aliphatic rings. The van der Waals surface area contributed by atoms with Crippen LogP contribution in [0, 0.1) is 0 Å². The number of hydrogen-bond acceptors (Lipinski definition) is 5. The quantitative estimate of drug-likeness (QED) is 0.592. The smallest absolute Gasteiger partial charge is 0.244 e. The van der Waals surface area contributed by atoms with Gasteiger partial charge in [-0.1, -0.05) is 60.7 Å². The minimum absolute atomic E-state index is 0.0157. The number of nitrogens with one attached hydrogen (secondary N) is 1. The van der Waals surface area contributed by atoms with Crippen LogP contribution < -0.4 is 19.9 Å². The molecule has 0 spiro atoms. The molecule has 3 aromatic rings. The Morgan fingerprint density at radius 2 is 1.41 bits per heavy atom. The first-order chi connectivity index (χ1) is 14.0. The second kappa shape index (κ2) is 9.09. The average Bonchev–Trinajstić information content (AvgIpc) is 2.77. The van der Waals surface area contributed by atoms with Gasteiger partial charge in [0.2, 0.25) is 10.0 Å². The van der Waals surface area contributed by atoms with Crippen molar-refractivity contribution in [3.05, 3.63) is 90.0 Å². The zero-order valence-corrected chi connectivity index (χ0v) is 17.1. The summed E-state index contributed by atoms with van der Waals surface area (Å²) in [6.45, 7) is 0. The highest BCUT2D eigenvalue weighted by Crippen LogP contribution is 2.32. The van der Waals surface area contributed by atoms with Crippen LogP contribution in [0.4, 0.5) is 0 Å². The van der Waals surface area contributed by atoms with Crippen LogP contribution in [0.2, 0.25) is 0 Å². The molecule has 7 heteroatoms. The summed E-state index contributed by atoms with van der Waals surface area (Å²) in [5, 5.41) is 0. The Morgan fingerprint density at radius 1 is 0.828 bits per heavy atom. The number of methoxy groups -OCH3 is 2. The van der Waals surface area contributed by atoms with Gasteiger partial charge in [0.15, 0.2) is 0 Å². The number of nitrogens with two attached hydrogens (primary N) is 1. The lowest BCUT2D eigenvalue weighted by Crippen LogP contribution is -2.36. The van der Waals surface area contributed by atoms with Crippen molar-refractivity contribution < 1.29 is 17.9 Å². The molecule has 152 valence electrons. The van der Waals surface area contributed by atoms with Crippen LogP contribution >= 0.6 is 0 Å². The molecule has 0 radical (unpaired) electrons. The molecule has 3 N–H and O–H groups in total. The average molecular weight is 413 g/mol. The van der Waals surface area contributed by atoms with Gasteiger partial charge in [-0.15, -0.1) is 0 Å². The van der Waals surface area contributed by atoms with Crippen LogP contribution in [0.25, 0.3) is 0 Å². The highest BCUT2D eigenvalue weighted by atomic mass is 32.2. The fraction of sp³-hybridized carbons (Fsp3) is 0.182. The van der Waals surface area contributed by atoms with E-state index in [0.29, 0.717) is 5.75 Å². The van der Waals surface area contributed by atoms with E-state index in [0.717, 1.165) is 11.1 Å². The summed E-state index contributed by atoms with van der Waals surface area (Å²) < 4.78 is 39.7. The van der Waals surface area contributed by atoms with E-state index in [2.05, 4.69) is 4.72 Å². The van der Waals surface area contributed by atoms with Crippen LogP contribution in [0.15, 0.2) is 83.8 Å². The molecular weight excluding hydrogens is 388 g/mol. The van der Waals surface area contributed by atoms with Gasteiger partial charge < -0.3 is 15.2 Å². The van der Waals surface area contributed by atoms with E-state index in [9.17, 15) is 8.42 Å². The van der Waals surface area contributed by atoms with Crippen LogP contribution in [0.3, 0.4) is 0 Å². The number of rotatable bonds is 8. The van der Waals surface area contributed by atoms with Gasteiger partial charge in [-0.2, -0.15) is 0 Å². The second-order valence-electron chi connectivity index (χ2n) is 6.46. The number of ether oxygens (including phenoxy) is 2. The maximum Gasteiger partial charge on any atom is 0.244 e. The molecule has 0 bridgehead atoms. The van der Waals surface area contributed by atoms with Crippen LogP contribution in [0.5, 0.6) is 11.5 Å². The molecule has 0 amide bonds. The van der Waals surface area contributed by atoms with E-state index in [1.165, 1.54) is 26.4 Å². The molecule has 0 aliphatic heterocycles. The second-order valence-corrected chi connectivity index (χ2v) is 8.15. The Bertz CT molecular complexity index is 1040. The zero-order valence-electron chi connectivity index (χ0n) is 16.3. The van der Waals surface area contributed by atoms with Crippen LogP contribution in [-0.4, -0.2) is 22.6 Å². The monoisotopic (exact) mass is 412 g/mol. The van der Waals surface area contributed by atoms with Gasteiger partial charge in [-0.05, 0) is 23.3 Å². The van der Waals surface area contributed by atoms with Gasteiger partial charge in [0.1, 0.15) is 16.4 Å². The van der Waals surface area contributed by atoms with E-state index in [1.54, 1.807) is 6.07 Å². The van der Waals surface area contributed by atoms with E-state index in [-0.39, 0.29) is 10.6 Å². The summed E-state index contributed by atoms with van der Waals surface area (Å²) in [6.07, 6.45) is 0. The molecule has 0 aromatic heterocycles. The molecule has 0 heterocycles. The number of benzene rings is 3. The molecule has 2 unspecified atom stereocenters. The first-order valence-electron chi connectivity index (χ1n) is 9.06.